The molecule has 0 spiro atoms. The van der Waals surface area contributed by atoms with E-state index in [1.54, 1.807) is 22.9 Å². The van der Waals surface area contributed by atoms with E-state index in [-0.39, 0.29) is 24.3 Å². The summed E-state index contributed by atoms with van der Waals surface area (Å²) in [5, 5.41) is 10.4. The summed E-state index contributed by atoms with van der Waals surface area (Å²) in [5.74, 6) is -0.316. The Hall–Kier alpha value is -4.46. The molecule has 4 rings (SSSR count). The molecular weight excluding hydrogens is 469 g/mol. The maximum absolute atomic E-state index is 13.5. The van der Waals surface area contributed by atoms with Crippen LogP contribution in [0.3, 0.4) is 0 Å². The monoisotopic (exact) mass is 499 g/mol. The first-order valence-electron chi connectivity index (χ1n) is 12.2. The minimum absolute atomic E-state index is 0.139. The number of carbonyl (C=O) groups excluding carboxylic acids is 2. The van der Waals surface area contributed by atoms with Crippen molar-refractivity contribution in [3.05, 3.63) is 95.8 Å². The van der Waals surface area contributed by atoms with Gasteiger partial charge in [-0.2, -0.15) is 5.10 Å². The van der Waals surface area contributed by atoms with Crippen LogP contribution in [0, 0.1) is 19.7 Å². The lowest BCUT2D eigenvalue weighted by atomic mass is 10.1. The second kappa shape index (κ2) is 11.5. The molecule has 2 N–H and O–H groups in total. The number of halogens is 1. The van der Waals surface area contributed by atoms with Crippen LogP contribution in [0.5, 0.6) is 0 Å². The zero-order chi connectivity index (χ0) is 26.4. The van der Waals surface area contributed by atoms with Gasteiger partial charge in [0.25, 0.3) is 0 Å². The van der Waals surface area contributed by atoms with Crippen molar-refractivity contribution in [3.8, 4) is 16.9 Å². The summed E-state index contributed by atoms with van der Waals surface area (Å²) in [6.45, 7) is 6.15. The van der Waals surface area contributed by atoms with Crippen molar-refractivity contribution >= 4 is 23.4 Å². The van der Waals surface area contributed by atoms with Gasteiger partial charge in [0.2, 0.25) is 5.91 Å². The Kier molecular flexibility index (Phi) is 7.98. The van der Waals surface area contributed by atoms with E-state index < -0.39 is 0 Å². The number of benzene rings is 3. The highest BCUT2D eigenvalue weighted by Gasteiger charge is 2.20. The zero-order valence-corrected chi connectivity index (χ0v) is 21.2. The van der Waals surface area contributed by atoms with E-state index in [0.29, 0.717) is 35.9 Å². The van der Waals surface area contributed by atoms with Crippen molar-refractivity contribution in [1.29, 1.82) is 0 Å². The fourth-order valence-corrected chi connectivity index (χ4v) is 4.03. The van der Waals surface area contributed by atoms with Crippen LogP contribution >= 0.6 is 0 Å². The predicted octanol–water partition coefficient (Wildman–Crippen LogP) is 6.18. The van der Waals surface area contributed by atoms with Crippen molar-refractivity contribution in [1.82, 2.24) is 14.7 Å². The molecule has 37 heavy (non-hydrogen) atoms. The Morgan fingerprint density at radius 2 is 1.68 bits per heavy atom. The first-order chi connectivity index (χ1) is 17.8. The number of amides is 3. The van der Waals surface area contributed by atoms with Gasteiger partial charge in [0, 0.05) is 23.9 Å². The van der Waals surface area contributed by atoms with E-state index in [0.717, 1.165) is 16.7 Å². The highest BCUT2D eigenvalue weighted by Crippen LogP contribution is 2.25. The third-order valence-electron chi connectivity index (χ3n) is 5.86. The number of urea groups is 1. The van der Waals surface area contributed by atoms with Crippen molar-refractivity contribution in [2.75, 3.05) is 23.7 Å². The van der Waals surface area contributed by atoms with Crippen LogP contribution in [0.1, 0.15) is 24.5 Å². The standard InChI is InChI=1S/C29H30FN5O2/c1-4-16-34(29(37)31-25-15-10-20(2)17-21(25)3)19-28(36)32-27-18-26(22-8-6-5-7-9-22)33-35(27)24-13-11-23(30)12-14-24/h5-15,17-18H,4,16,19H2,1-3H3,(H,31,37)(H,32,36). The second-order valence-corrected chi connectivity index (χ2v) is 8.89. The second-order valence-electron chi connectivity index (χ2n) is 8.89. The molecule has 0 fully saturated rings. The maximum Gasteiger partial charge on any atom is 0.322 e. The Labute approximate surface area is 215 Å². The van der Waals surface area contributed by atoms with Crippen LogP contribution in [0.25, 0.3) is 16.9 Å². The first kappa shape index (κ1) is 25.6. The third kappa shape index (κ3) is 6.41. The van der Waals surface area contributed by atoms with Crippen molar-refractivity contribution < 1.29 is 14.0 Å². The molecule has 0 radical (unpaired) electrons. The molecule has 190 valence electrons. The molecule has 3 amide bonds. The number of nitrogens with zero attached hydrogens (tertiary/aromatic N) is 3. The average Bonchev–Trinajstić information content (AvgIpc) is 3.30. The number of nitrogens with one attached hydrogen (secondary N) is 2. The molecule has 0 saturated heterocycles. The van der Waals surface area contributed by atoms with Crippen LogP contribution in [-0.4, -0.2) is 39.7 Å². The number of hydrogen-bond acceptors (Lipinski definition) is 3. The van der Waals surface area contributed by atoms with Crippen LogP contribution < -0.4 is 10.6 Å². The molecule has 7 nitrogen and oxygen atoms in total. The Morgan fingerprint density at radius 1 is 0.946 bits per heavy atom. The minimum Gasteiger partial charge on any atom is -0.315 e. The van der Waals surface area contributed by atoms with Gasteiger partial charge in [0.15, 0.2) is 0 Å². The van der Waals surface area contributed by atoms with Gasteiger partial charge < -0.3 is 15.5 Å². The van der Waals surface area contributed by atoms with Gasteiger partial charge in [-0.1, -0.05) is 55.0 Å². The largest absolute Gasteiger partial charge is 0.322 e. The number of aromatic nitrogens is 2. The summed E-state index contributed by atoms with van der Waals surface area (Å²) in [5.41, 5.74) is 4.88. The summed E-state index contributed by atoms with van der Waals surface area (Å²) in [7, 11) is 0. The molecular formula is C29H30FN5O2. The number of hydrogen-bond donors (Lipinski definition) is 2. The highest BCUT2D eigenvalue weighted by atomic mass is 19.1. The zero-order valence-electron chi connectivity index (χ0n) is 21.2. The summed E-state index contributed by atoms with van der Waals surface area (Å²) in [4.78, 5) is 27.6. The molecule has 0 aliphatic rings. The van der Waals surface area contributed by atoms with E-state index in [4.69, 9.17) is 0 Å². The van der Waals surface area contributed by atoms with Gasteiger partial charge in [-0.15, -0.1) is 0 Å². The quantitative estimate of drug-likeness (QED) is 0.304. The van der Waals surface area contributed by atoms with Gasteiger partial charge in [-0.3, -0.25) is 4.79 Å². The summed E-state index contributed by atoms with van der Waals surface area (Å²) >= 11 is 0. The SMILES string of the molecule is CCCN(CC(=O)Nc1cc(-c2ccccc2)nn1-c1ccc(F)cc1)C(=O)Nc1ccc(C)cc1C. The van der Waals surface area contributed by atoms with Crippen molar-refractivity contribution in [2.24, 2.45) is 0 Å². The molecule has 0 aliphatic carbocycles. The number of aryl methyl sites for hydroxylation is 2. The van der Waals surface area contributed by atoms with E-state index >= 15 is 0 Å². The number of carbonyl (C=O) groups is 2. The summed E-state index contributed by atoms with van der Waals surface area (Å²) < 4.78 is 15.1. The van der Waals surface area contributed by atoms with E-state index in [1.807, 2.05) is 69.3 Å². The molecule has 0 aliphatic heterocycles. The van der Waals surface area contributed by atoms with E-state index in [1.165, 1.54) is 17.0 Å². The minimum atomic E-state index is -0.368. The van der Waals surface area contributed by atoms with Crippen molar-refractivity contribution in [3.63, 3.8) is 0 Å². The smallest absolute Gasteiger partial charge is 0.315 e. The van der Waals surface area contributed by atoms with Crippen LogP contribution in [-0.2, 0) is 4.79 Å². The molecule has 1 aromatic heterocycles. The molecule has 1 heterocycles. The molecule has 0 bridgehead atoms. The molecule has 4 aromatic rings. The summed E-state index contributed by atoms with van der Waals surface area (Å²) in [6, 6.07) is 22.6. The normalized spacial score (nSPS) is 10.7. The fourth-order valence-electron chi connectivity index (χ4n) is 4.03. The Balaban J connectivity index is 1.55. The van der Waals surface area contributed by atoms with Crippen LogP contribution in [0.15, 0.2) is 78.9 Å². The van der Waals surface area contributed by atoms with Gasteiger partial charge in [0.1, 0.15) is 18.2 Å². The van der Waals surface area contributed by atoms with Gasteiger partial charge in [0.05, 0.1) is 11.4 Å². The van der Waals surface area contributed by atoms with E-state index in [2.05, 4.69) is 15.7 Å². The lowest BCUT2D eigenvalue weighted by Gasteiger charge is -2.22. The Bertz CT molecular complexity index is 1380. The topological polar surface area (TPSA) is 79.3 Å². The number of anilines is 2. The molecule has 8 heteroatoms. The van der Waals surface area contributed by atoms with E-state index in [9.17, 15) is 14.0 Å². The average molecular weight is 500 g/mol. The first-order valence-corrected chi connectivity index (χ1v) is 12.2. The molecule has 3 aromatic carbocycles. The maximum atomic E-state index is 13.5. The van der Waals surface area contributed by atoms with Crippen LogP contribution in [0.4, 0.5) is 20.7 Å². The van der Waals surface area contributed by atoms with Crippen molar-refractivity contribution in [2.45, 2.75) is 27.2 Å². The number of rotatable bonds is 8. The Morgan fingerprint density at radius 3 is 2.35 bits per heavy atom. The van der Waals surface area contributed by atoms with Crippen LogP contribution in [0.2, 0.25) is 0 Å². The summed E-state index contributed by atoms with van der Waals surface area (Å²) in [6.07, 6.45) is 0.694. The lowest BCUT2D eigenvalue weighted by Crippen LogP contribution is -2.41. The van der Waals surface area contributed by atoms with Gasteiger partial charge in [-0.05, 0) is 56.2 Å². The lowest BCUT2D eigenvalue weighted by molar-refractivity contribution is -0.116. The molecule has 0 atom stereocenters. The van der Waals surface area contributed by atoms with Gasteiger partial charge >= 0.3 is 6.03 Å². The van der Waals surface area contributed by atoms with Gasteiger partial charge in [-0.25, -0.2) is 13.9 Å². The predicted molar refractivity (Wildman–Crippen MR) is 144 cm³/mol. The fraction of sp³-hybridized carbons (Fsp3) is 0.207. The third-order valence-corrected chi connectivity index (χ3v) is 5.86. The molecule has 0 unspecified atom stereocenters. The highest BCUT2D eigenvalue weighted by molar-refractivity contribution is 5.97. The molecule has 0 saturated carbocycles.